The number of fused-ring (bicyclic) bond motifs is 2. The number of aliphatic imine (C=N–C) groups is 1. The third kappa shape index (κ3) is 3.08. The topological polar surface area (TPSA) is 27.1 Å². The monoisotopic (exact) mass is 728 g/mol. The van der Waals surface area contributed by atoms with Crippen LogP contribution in [0.1, 0.15) is 124 Å². The van der Waals surface area contributed by atoms with Gasteiger partial charge in [-0.05, 0) is 0 Å². The summed E-state index contributed by atoms with van der Waals surface area (Å²) in [6.45, 7) is 18.8. The van der Waals surface area contributed by atoms with Gasteiger partial charge in [-0.15, -0.1) is 0 Å². The van der Waals surface area contributed by atoms with E-state index in [0.29, 0.717) is 0 Å². The zero-order valence-electron chi connectivity index (χ0n) is 25.6. The van der Waals surface area contributed by atoms with Gasteiger partial charge in [0.1, 0.15) is 0 Å². The third-order valence-electron chi connectivity index (χ3n) is 9.88. The van der Waals surface area contributed by atoms with Crippen LogP contribution >= 0.6 is 0 Å². The van der Waals surface area contributed by atoms with E-state index in [1.165, 1.54) is 56.0 Å². The molecule has 5 heteroatoms. The SMILES string of the molecule is CCC1=C(CC)C2=NC1=Cc1c(CC)c(CC)c3[n]1[Bi]1[n]4c(c(CC)c(CC)c42)C=c2c(CC)c(CC)c([n]21)=C3. The number of nitrogens with zero attached hydrogens (tertiary/aromatic N) is 4. The van der Waals surface area contributed by atoms with Gasteiger partial charge in [0, 0.05) is 0 Å². The molecule has 0 spiro atoms. The molecule has 3 aromatic rings. The first-order valence-electron chi connectivity index (χ1n) is 15.9. The Balaban J connectivity index is 1.78. The molecule has 4 aliphatic heterocycles. The van der Waals surface area contributed by atoms with E-state index in [-0.39, 0.29) is 0 Å². The number of hydrogen-bond donors (Lipinski definition) is 0. The molecule has 0 radical (unpaired) electrons. The molecular formula is C35H43BiN4. The quantitative estimate of drug-likeness (QED) is 0.177. The van der Waals surface area contributed by atoms with Gasteiger partial charge in [0.05, 0.1) is 0 Å². The van der Waals surface area contributed by atoms with Crippen LogP contribution in [0.5, 0.6) is 0 Å². The van der Waals surface area contributed by atoms with E-state index in [4.69, 9.17) is 4.99 Å². The Kier molecular flexibility index (Phi) is 6.35. The van der Waals surface area contributed by atoms with Crippen LogP contribution in [-0.4, -0.2) is 35.9 Å². The minimum atomic E-state index is -2.94. The van der Waals surface area contributed by atoms with E-state index in [2.05, 4.69) is 81.2 Å². The molecule has 0 unspecified atom stereocenters. The first-order chi connectivity index (χ1) is 19.5. The van der Waals surface area contributed by atoms with Gasteiger partial charge in [-0.3, -0.25) is 0 Å². The van der Waals surface area contributed by atoms with Crippen molar-refractivity contribution in [3.8, 4) is 0 Å². The van der Waals surface area contributed by atoms with E-state index in [1.54, 1.807) is 33.4 Å². The number of hydrogen-bond acceptors (Lipinski definition) is 1. The Bertz CT molecular complexity index is 1830. The van der Waals surface area contributed by atoms with E-state index in [1.807, 2.05) is 0 Å². The molecule has 2 bridgehead atoms. The van der Waals surface area contributed by atoms with Crippen molar-refractivity contribution < 1.29 is 0 Å². The average Bonchev–Trinajstić information content (AvgIpc) is 3.68. The predicted molar refractivity (Wildman–Crippen MR) is 170 cm³/mol. The first kappa shape index (κ1) is 26.5. The van der Waals surface area contributed by atoms with Gasteiger partial charge in [-0.25, -0.2) is 0 Å². The zero-order valence-corrected chi connectivity index (χ0v) is 29.1. The van der Waals surface area contributed by atoms with E-state index in [0.717, 1.165) is 51.4 Å². The van der Waals surface area contributed by atoms with Crippen LogP contribution in [0, 0.1) is 0 Å². The van der Waals surface area contributed by atoms with Crippen molar-refractivity contribution in [3.05, 3.63) is 83.7 Å². The fraction of sp³-hybridized carbons (Fsp3) is 0.457. The second-order valence-corrected chi connectivity index (χ2v) is 18.2. The zero-order chi connectivity index (χ0) is 28.0. The van der Waals surface area contributed by atoms with Crippen molar-refractivity contribution >= 4 is 46.6 Å². The summed E-state index contributed by atoms with van der Waals surface area (Å²) in [6, 6.07) is 0. The van der Waals surface area contributed by atoms with Gasteiger partial charge in [0.15, 0.2) is 0 Å². The first-order valence-corrected chi connectivity index (χ1v) is 20.5. The van der Waals surface area contributed by atoms with E-state index in [9.17, 15) is 0 Å². The minimum absolute atomic E-state index is 1.03. The van der Waals surface area contributed by atoms with Crippen molar-refractivity contribution in [2.75, 3.05) is 0 Å². The summed E-state index contributed by atoms with van der Waals surface area (Å²) in [5, 5.41) is 3.02. The van der Waals surface area contributed by atoms with E-state index >= 15 is 0 Å². The van der Waals surface area contributed by atoms with Crippen LogP contribution in [-0.2, 0) is 38.5 Å². The summed E-state index contributed by atoms with van der Waals surface area (Å²) in [5.41, 5.74) is 20.7. The molecule has 0 amide bonds. The fourth-order valence-corrected chi connectivity index (χ4v) is 19.1. The van der Waals surface area contributed by atoms with Crippen LogP contribution < -0.4 is 10.7 Å². The van der Waals surface area contributed by atoms with Crippen LogP contribution in [0.3, 0.4) is 0 Å². The van der Waals surface area contributed by atoms with Crippen LogP contribution in [0.4, 0.5) is 0 Å². The molecule has 0 aromatic carbocycles. The molecule has 3 aromatic heterocycles. The molecule has 7 rings (SSSR count). The Morgan fingerprint density at radius 3 is 1.48 bits per heavy atom. The third-order valence-corrected chi connectivity index (χ3v) is 19.0. The van der Waals surface area contributed by atoms with Crippen LogP contribution in [0.2, 0.25) is 0 Å². The molecule has 0 aliphatic carbocycles. The van der Waals surface area contributed by atoms with Gasteiger partial charge < -0.3 is 0 Å². The summed E-state index contributed by atoms with van der Waals surface area (Å²) in [6.07, 6.45) is 16.2. The molecular weight excluding hydrogens is 685 g/mol. The van der Waals surface area contributed by atoms with Crippen molar-refractivity contribution in [1.82, 2.24) is 7.53 Å². The van der Waals surface area contributed by atoms with Gasteiger partial charge in [0.25, 0.3) is 0 Å². The maximum absolute atomic E-state index is 5.58. The van der Waals surface area contributed by atoms with Crippen molar-refractivity contribution in [2.24, 2.45) is 4.99 Å². The average molecular weight is 729 g/mol. The second kappa shape index (κ2) is 9.58. The summed E-state index contributed by atoms with van der Waals surface area (Å²) >= 11 is -2.94. The molecule has 0 fully saturated rings. The molecule has 40 heavy (non-hydrogen) atoms. The van der Waals surface area contributed by atoms with Crippen LogP contribution in [0.15, 0.2) is 21.8 Å². The second-order valence-electron chi connectivity index (χ2n) is 11.4. The normalized spacial score (nSPS) is 16.3. The standard InChI is InChI=1S/C35H43N4.Bi/c1-9-20-22(11-3)30-18-32-24(13-5)26(15-7)34(38-32)35-27(16-8)25(14-6)33(39-35)19-31-23(12-4)21(10-2)29(37-31)17-28(20)36-30;/h17-19H,9-16H2,1-8H3;/q-3;+3. The Morgan fingerprint density at radius 2 is 0.975 bits per heavy atom. The summed E-state index contributed by atoms with van der Waals surface area (Å²) in [7, 11) is 0. The van der Waals surface area contributed by atoms with Gasteiger partial charge in [0.2, 0.25) is 0 Å². The summed E-state index contributed by atoms with van der Waals surface area (Å²) < 4.78 is 8.72. The summed E-state index contributed by atoms with van der Waals surface area (Å²) in [4.78, 5) is 5.58. The number of allylic oxidation sites excluding steroid dienone is 2. The Morgan fingerprint density at radius 1 is 0.500 bits per heavy atom. The van der Waals surface area contributed by atoms with Crippen molar-refractivity contribution in [3.63, 3.8) is 0 Å². The molecule has 7 heterocycles. The molecule has 208 valence electrons. The molecule has 0 N–H and O–H groups in total. The molecule has 0 atom stereocenters. The van der Waals surface area contributed by atoms with Gasteiger partial charge >= 0.3 is 250 Å². The molecule has 4 aliphatic rings. The fourth-order valence-electron chi connectivity index (χ4n) is 8.27. The molecule has 0 saturated carbocycles. The Labute approximate surface area is 248 Å². The van der Waals surface area contributed by atoms with Gasteiger partial charge in [-0.2, -0.15) is 0 Å². The van der Waals surface area contributed by atoms with E-state index < -0.39 is 22.6 Å². The maximum atomic E-state index is 5.58. The molecule has 0 saturated heterocycles. The predicted octanol–water partition coefficient (Wildman–Crippen LogP) is 5.95. The van der Waals surface area contributed by atoms with Crippen molar-refractivity contribution in [1.29, 1.82) is 0 Å². The molecule has 4 nitrogen and oxygen atoms in total. The van der Waals surface area contributed by atoms with Gasteiger partial charge in [-0.1, -0.05) is 0 Å². The van der Waals surface area contributed by atoms with Crippen LogP contribution in [0.25, 0.3) is 18.2 Å². The number of aromatic nitrogens is 3. The Hall–Kier alpha value is -2.39. The van der Waals surface area contributed by atoms with Crippen molar-refractivity contribution in [2.45, 2.75) is 107 Å². The number of rotatable bonds is 8. The summed E-state index contributed by atoms with van der Waals surface area (Å²) in [5.74, 6) is 0.